The molecule has 0 saturated carbocycles. The largest absolute Gasteiger partial charge is 0.465 e. The van der Waals surface area contributed by atoms with E-state index in [-0.39, 0.29) is 11.8 Å². The van der Waals surface area contributed by atoms with Gasteiger partial charge in [0.2, 0.25) is 5.91 Å². The summed E-state index contributed by atoms with van der Waals surface area (Å²) in [6, 6.07) is 5.33. The number of hydrogen-bond acceptors (Lipinski definition) is 6. The van der Waals surface area contributed by atoms with E-state index >= 15 is 0 Å². The predicted octanol–water partition coefficient (Wildman–Crippen LogP) is 3.38. The Hall–Kier alpha value is -2.19. The number of aryl methyl sites for hydroxylation is 1. The molecule has 144 valence electrons. The number of nitrogens with zero attached hydrogens (tertiary/aromatic N) is 2. The first-order chi connectivity index (χ1) is 13.0. The van der Waals surface area contributed by atoms with Crippen LogP contribution in [0.5, 0.6) is 0 Å². The molecule has 1 atom stereocenters. The third kappa shape index (κ3) is 4.95. The van der Waals surface area contributed by atoms with Crippen LogP contribution >= 0.6 is 15.9 Å². The molecule has 1 N–H and O–H groups in total. The number of piperidine rings is 1. The lowest BCUT2D eigenvalue weighted by Gasteiger charge is -2.31. The Kier molecular flexibility index (Phi) is 6.28. The number of methoxy groups -OCH3 is 1. The molecular weight excluding hydrogens is 414 g/mol. The molecule has 1 saturated heterocycles. The smallest absolute Gasteiger partial charge is 0.341 e. The van der Waals surface area contributed by atoms with Gasteiger partial charge in [0.1, 0.15) is 22.9 Å². The molecule has 8 heteroatoms. The van der Waals surface area contributed by atoms with Crippen LogP contribution in [-0.4, -0.2) is 42.0 Å². The summed E-state index contributed by atoms with van der Waals surface area (Å²) in [7, 11) is 1.35. The molecule has 2 aromatic rings. The van der Waals surface area contributed by atoms with Crippen molar-refractivity contribution in [3.05, 3.63) is 46.0 Å². The van der Waals surface area contributed by atoms with Crippen LogP contribution in [0.15, 0.2) is 33.3 Å². The Morgan fingerprint density at radius 2 is 2.26 bits per heavy atom. The van der Waals surface area contributed by atoms with E-state index in [9.17, 15) is 9.59 Å². The second-order valence-corrected chi connectivity index (χ2v) is 7.52. The molecule has 0 aliphatic carbocycles. The van der Waals surface area contributed by atoms with E-state index in [1.54, 1.807) is 25.3 Å². The van der Waals surface area contributed by atoms with E-state index in [1.165, 1.54) is 7.11 Å². The average molecular weight is 436 g/mol. The van der Waals surface area contributed by atoms with Gasteiger partial charge in [-0.05, 0) is 60.4 Å². The summed E-state index contributed by atoms with van der Waals surface area (Å²) in [5.74, 6) is 1.25. The fourth-order valence-electron chi connectivity index (χ4n) is 3.25. The third-order valence-electron chi connectivity index (χ3n) is 4.61. The molecule has 0 spiro atoms. The van der Waals surface area contributed by atoms with Gasteiger partial charge in [-0.1, -0.05) is 0 Å². The van der Waals surface area contributed by atoms with E-state index in [4.69, 9.17) is 9.15 Å². The fourth-order valence-corrected chi connectivity index (χ4v) is 3.48. The Bertz CT molecular complexity index is 819. The van der Waals surface area contributed by atoms with Gasteiger partial charge in [0.15, 0.2) is 0 Å². The monoisotopic (exact) mass is 435 g/mol. The number of amides is 1. The lowest BCUT2D eigenvalue weighted by atomic mass is 9.97. The molecule has 3 heterocycles. The predicted molar refractivity (Wildman–Crippen MR) is 103 cm³/mol. The molecule has 2 aromatic heterocycles. The zero-order valence-electron chi connectivity index (χ0n) is 15.3. The number of pyridine rings is 1. The van der Waals surface area contributed by atoms with Crippen molar-refractivity contribution >= 4 is 33.6 Å². The highest BCUT2D eigenvalue weighted by atomic mass is 79.9. The van der Waals surface area contributed by atoms with Crippen molar-refractivity contribution in [1.29, 1.82) is 0 Å². The SMILES string of the molecule is COC(=O)c1cc(CN2CCCC(C(=O)Nc3ccc(Br)cn3)C2)oc1C. The lowest BCUT2D eigenvalue weighted by molar-refractivity contribution is -0.121. The molecule has 27 heavy (non-hydrogen) atoms. The second-order valence-electron chi connectivity index (χ2n) is 6.60. The van der Waals surface area contributed by atoms with Gasteiger partial charge in [-0.15, -0.1) is 0 Å². The molecule has 1 aliphatic rings. The minimum Gasteiger partial charge on any atom is -0.465 e. The van der Waals surface area contributed by atoms with Gasteiger partial charge in [-0.25, -0.2) is 9.78 Å². The molecule has 3 rings (SSSR count). The van der Waals surface area contributed by atoms with Gasteiger partial charge in [-0.2, -0.15) is 0 Å². The number of rotatable bonds is 5. The quantitative estimate of drug-likeness (QED) is 0.724. The molecule has 0 bridgehead atoms. The normalized spacial score (nSPS) is 17.5. The zero-order valence-corrected chi connectivity index (χ0v) is 16.9. The zero-order chi connectivity index (χ0) is 19.4. The van der Waals surface area contributed by atoms with Crippen LogP contribution in [0, 0.1) is 12.8 Å². The number of carbonyl (C=O) groups is 2. The number of nitrogens with one attached hydrogen (secondary N) is 1. The van der Waals surface area contributed by atoms with Gasteiger partial charge in [0.05, 0.1) is 19.6 Å². The van der Waals surface area contributed by atoms with Gasteiger partial charge < -0.3 is 14.5 Å². The number of furan rings is 1. The topological polar surface area (TPSA) is 84.7 Å². The van der Waals surface area contributed by atoms with E-state index in [1.807, 2.05) is 6.07 Å². The van der Waals surface area contributed by atoms with Crippen molar-refractivity contribution in [2.24, 2.45) is 5.92 Å². The molecule has 0 radical (unpaired) electrons. The molecule has 1 unspecified atom stereocenters. The van der Waals surface area contributed by atoms with Crippen molar-refractivity contribution in [2.75, 3.05) is 25.5 Å². The minimum absolute atomic E-state index is 0.0274. The molecule has 0 aromatic carbocycles. The maximum absolute atomic E-state index is 12.6. The summed E-state index contributed by atoms with van der Waals surface area (Å²) in [6.07, 6.45) is 3.42. The van der Waals surface area contributed by atoms with E-state index in [2.05, 4.69) is 31.1 Å². The molecule has 1 aliphatic heterocycles. The Labute approximate surface area is 166 Å². The number of ether oxygens (including phenoxy) is 1. The summed E-state index contributed by atoms with van der Waals surface area (Å²) in [6.45, 7) is 3.81. The third-order valence-corrected chi connectivity index (χ3v) is 5.08. The highest BCUT2D eigenvalue weighted by molar-refractivity contribution is 9.10. The minimum atomic E-state index is -0.402. The van der Waals surface area contributed by atoms with Gasteiger partial charge in [0, 0.05) is 17.2 Å². The van der Waals surface area contributed by atoms with Crippen molar-refractivity contribution in [3.8, 4) is 0 Å². The Morgan fingerprint density at radius 1 is 1.44 bits per heavy atom. The molecular formula is C19H22BrN3O4. The molecule has 7 nitrogen and oxygen atoms in total. The number of aromatic nitrogens is 1. The van der Waals surface area contributed by atoms with Crippen LogP contribution in [0.4, 0.5) is 5.82 Å². The van der Waals surface area contributed by atoms with Crippen LogP contribution in [-0.2, 0) is 16.1 Å². The van der Waals surface area contributed by atoms with Crippen LogP contribution in [0.3, 0.4) is 0 Å². The Balaban J connectivity index is 1.60. The first kappa shape index (κ1) is 19.6. The maximum Gasteiger partial charge on any atom is 0.341 e. The van der Waals surface area contributed by atoms with E-state index in [0.717, 1.165) is 23.9 Å². The van der Waals surface area contributed by atoms with Gasteiger partial charge in [0.25, 0.3) is 0 Å². The number of likely N-dealkylation sites (tertiary alicyclic amines) is 1. The number of hydrogen-bond donors (Lipinski definition) is 1. The average Bonchev–Trinajstić information content (AvgIpc) is 3.03. The van der Waals surface area contributed by atoms with Crippen LogP contribution in [0.1, 0.15) is 34.7 Å². The summed E-state index contributed by atoms with van der Waals surface area (Å²) >= 11 is 3.33. The fraction of sp³-hybridized carbons (Fsp3) is 0.421. The summed E-state index contributed by atoms with van der Waals surface area (Å²) < 4.78 is 11.3. The van der Waals surface area contributed by atoms with E-state index < -0.39 is 5.97 Å². The number of anilines is 1. The summed E-state index contributed by atoms with van der Waals surface area (Å²) in [5, 5.41) is 2.88. The second kappa shape index (κ2) is 8.67. The standard InChI is InChI=1S/C19H22BrN3O4/c1-12-16(19(25)26-2)8-15(27-12)11-23-7-3-4-13(10-23)18(24)22-17-6-5-14(20)9-21-17/h5-6,8-9,13H,3-4,7,10-11H2,1-2H3,(H,21,22,24). The van der Waals surface area contributed by atoms with Gasteiger partial charge >= 0.3 is 5.97 Å². The van der Waals surface area contributed by atoms with Crippen LogP contribution in [0.2, 0.25) is 0 Å². The highest BCUT2D eigenvalue weighted by Crippen LogP contribution is 2.23. The maximum atomic E-state index is 12.6. The first-order valence-corrected chi connectivity index (χ1v) is 9.58. The Morgan fingerprint density at radius 3 is 2.96 bits per heavy atom. The van der Waals surface area contributed by atoms with Crippen molar-refractivity contribution < 1.29 is 18.7 Å². The first-order valence-electron chi connectivity index (χ1n) is 8.78. The summed E-state index contributed by atoms with van der Waals surface area (Å²) in [5.41, 5.74) is 0.445. The van der Waals surface area contributed by atoms with Crippen LogP contribution in [0.25, 0.3) is 0 Å². The van der Waals surface area contributed by atoms with Crippen molar-refractivity contribution in [2.45, 2.75) is 26.3 Å². The summed E-state index contributed by atoms with van der Waals surface area (Å²) in [4.78, 5) is 30.6. The molecule has 1 amide bonds. The lowest BCUT2D eigenvalue weighted by Crippen LogP contribution is -2.40. The van der Waals surface area contributed by atoms with Crippen LogP contribution < -0.4 is 5.32 Å². The number of carbonyl (C=O) groups excluding carboxylic acids is 2. The van der Waals surface area contributed by atoms with Crippen molar-refractivity contribution in [1.82, 2.24) is 9.88 Å². The highest BCUT2D eigenvalue weighted by Gasteiger charge is 2.27. The number of esters is 1. The van der Waals surface area contributed by atoms with E-state index in [0.29, 0.717) is 36.0 Å². The van der Waals surface area contributed by atoms with Gasteiger partial charge in [-0.3, -0.25) is 9.69 Å². The number of halogens is 1. The molecule has 1 fully saturated rings. The van der Waals surface area contributed by atoms with Crippen molar-refractivity contribution in [3.63, 3.8) is 0 Å².